The van der Waals surface area contributed by atoms with Crippen molar-refractivity contribution in [3.8, 4) is 0 Å². The van der Waals surface area contributed by atoms with Crippen LogP contribution in [0, 0.1) is 0 Å². The normalized spacial score (nSPS) is 34.2. The number of carbonyl (C=O) groups is 1. The van der Waals surface area contributed by atoms with Gasteiger partial charge in [-0.25, -0.2) is 9.18 Å². The lowest BCUT2D eigenvalue weighted by molar-refractivity contribution is -0.0733. The number of aliphatic hydroxyl groups excluding tert-OH is 2. The number of aliphatic hydroxyl groups is 2. The second-order valence-electron chi connectivity index (χ2n) is 3.88. The van der Waals surface area contributed by atoms with Crippen LogP contribution in [-0.4, -0.2) is 52.8 Å². The molecule has 0 aromatic rings. The molecule has 2 aliphatic heterocycles. The average molecular weight is 248 g/mol. The highest BCUT2D eigenvalue weighted by Gasteiger charge is 2.41. The Morgan fingerprint density at radius 3 is 2.88 bits per heavy atom. The second-order valence-corrected chi connectivity index (χ2v) is 3.88. The Labute approximate surface area is 96.2 Å². The van der Waals surface area contributed by atoms with Gasteiger partial charge in [-0.2, -0.15) is 0 Å². The van der Waals surface area contributed by atoms with Gasteiger partial charge in [0.25, 0.3) is 0 Å². The van der Waals surface area contributed by atoms with Crippen LogP contribution in [0.25, 0.3) is 0 Å². The molecule has 1 fully saturated rings. The number of amides is 1. The van der Waals surface area contributed by atoms with E-state index >= 15 is 0 Å². The predicted molar refractivity (Wildman–Crippen MR) is 51.9 cm³/mol. The zero-order valence-electron chi connectivity index (χ0n) is 8.88. The Hall–Kier alpha value is -1.38. The van der Waals surface area contributed by atoms with E-state index < -0.39 is 36.2 Å². The lowest BCUT2D eigenvalue weighted by Crippen LogP contribution is -2.45. The van der Waals surface area contributed by atoms with Crippen LogP contribution in [0.4, 0.5) is 9.18 Å². The molecule has 0 saturated carbocycles. The van der Waals surface area contributed by atoms with Gasteiger partial charge in [-0.1, -0.05) is 0 Å². The number of nitrogens with two attached hydrogens (primary N) is 1. The monoisotopic (exact) mass is 248 g/mol. The fraction of sp³-hybridized carbons (Fsp3) is 0.667. The van der Waals surface area contributed by atoms with Crippen molar-refractivity contribution in [3.63, 3.8) is 0 Å². The number of cyclic esters (lactones) is 1. The van der Waals surface area contributed by atoms with E-state index in [0.717, 1.165) is 4.90 Å². The fourth-order valence-corrected chi connectivity index (χ4v) is 1.79. The Morgan fingerprint density at radius 2 is 2.29 bits per heavy atom. The molecule has 0 bridgehead atoms. The van der Waals surface area contributed by atoms with Crippen molar-refractivity contribution in [1.82, 2.24) is 4.90 Å². The first kappa shape index (κ1) is 12.1. The molecule has 2 heterocycles. The second kappa shape index (κ2) is 4.47. The molecule has 0 radical (unpaired) electrons. The van der Waals surface area contributed by atoms with E-state index in [2.05, 4.69) is 4.74 Å². The minimum Gasteiger partial charge on any atom is -0.394 e. The number of hydrogen-bond acceptors (Lipinski definition) is 6. The Morgan fingerprint density at radius 1 is 1.59 bits per heavy atom. The SMILES string of the molecule is NC1=C(F)CN([C@H]2C[C@H](O)[C@@H](CO)O2)C(=O)O1. The van der Waals surface area contributed by atoms with Gasteiger partial charge in [-0.05, 0) is 0 Å². The molecule has 1 saturated heterocycles. The van der Waals surface area contributed by atoms with E-state index in [1.54, 1.807) is 0 Å². The average Bonchev–Trinajstić information content (AvgIpc) is 2.65. The van der Waals surface area contributed by atoms with E-state index in [0.29, 0.717) is 0 Å². The van der Waals surface area contributed by atoms with Crippen molar-refractivity contribution in [2.75, 3.05) is 13.2 Å². The van der Waals surface area contributed by atoms with Crippen LogP contribution in [0.5, 0.6) is 0 Å². The summed E-state index contributed by atoms with van der Waals surface area (Å²) in [7, 11) is 0. The summed E-state index contributed by atoms with van der Waals surface area (Å²) in [5.41, 5.74) is 5.12. The van der Waals surface area contributed by atoms with E-state index in [4.69, 9.17) is 15.6 Å². The van der Waals surface area contributed by atoms with Gasteiger partial charge in [0, 0.05) is 6.42 Å². The van der Waals surface area contributed by atoms with Gasteiger partial charge in [0.05, 0.1) is 19.3 Å². The summed E-state index contributed by atoms with van der Waals surface area (Å²) in [4.78, 5) is 12.4. The Balaban J connectivity index is 2.07. The molecule has 0 aliphatic carbocycles. The van der Waals surface area contributed by atoms with E-state index in [-0.39, 0.29) is 19.6 Å². The molecule has 17 heavy (non-hydrogen) atoms. The van der Waals surface area contributed by atoms with Crippen molar-refractivity contribution >= 4 is 6.09 Å². The van der Waals surface area contributed by atoms with Crippen LogP contribution in [0.3, 0.4) is 0 Å². The zero-order chi connectivity index (χ0) is 12.6. The molecule has 0 aromatic heterocycles. The van der Waals surface area contributed by atoms with Crippen molar-refractivity contribution in [3.05, 3.63) is 11.7 Å². The zero-order valence-corrected chi connectivity index (χ0v) is 8.88. The number of nitrogens with zero attached hydrogens (tertiary/aromatic N) is 1. The van der Waals surface area contributed by atoms with Gasteiger partial charge >= 0.3 is 6.09 Å². The molecule has 2 aliphatic rings. The largest absolute Gasteiger partial charge is 0.419 e. The molecule has 96 valence electrons. The summed E-state index contributed by atoms with van der Waals surface area (Å²) in [6, 6.07) is 0. The van der Waals surface area contributed by atoms with Gasteiger partial charge in [0.15, 0.2) is 5.83 Å². The van der Waals surface area contributed by atoms with Crippen molar-refractivity contribution in [2.24, 2.45) is 5.73 Å². The number of ether oxygens (including phenoxy) is 2. The molecule has 2 rings (SSSR count). The molecular weight excluding hydrogens is 235 g/mol. The van der Waals surface area contributed by atoms with Crippen molar-refractivity contribution < 1.29 is 28.9 Å². The first-order valence-corrected chi connectivity index (χ1v) is 5.10. The van der Waals surface area contributed by atoms with Crippen LogP contribution in [0.15, 0.2) is 11.7 Å². The third kappa shape index (κ3) is 2.19. The lowest BCUT2D eigenvalue weighted by Gasteiger charge is -2.30. The summed E-state index contributed by atoms with van der Waals surface area (Å²) in [6.45, 7) is -0.735. The topological polar surface area (TPSA) is 105 Å². The van der Waals surface area contributed by atoms with Gasteiger partial charge in [-0.15, -0.1) is 0 Å². The summed E-state index contributed by atoms with van der Waals surface area (Å²) in [6.07, 6.45) is -3.25. The van der Waals surface area contributed by atoms with Gasteiger partial charge < -0.3 is 25.4 Å². The van der Waals surface area contributed by atoms with Crippen LogP contribution < -0.4 is 5.73 Å². The summed E-state index contributed by atoms with van der Waals surface area (Å²) in [5, 5.41) is 18.4. The number of hydrogen-bond donors (Lipinski definition) is 3. The quantitative estimate of drug-likeness (QED) is 0.579. The minimum absolute atomic E-state index is 0.0908. The number of rotatable bonds is 2. The van der Waals surface area contributed by atoms with E-state index in [1.165, 1.54) is 0 Å². The van der Waals surface area contributed by atoms with Gasteiger partial charge in [-0.3, -0.25) is 4.90 Å². The first-order valence-electron chi connectivity index (χ1n) is 5.10. The molecule has 8 heteroatoms. The standard InChI is InChI=1S/C9H13FN2O5/c10-4-2-12(9(15)17-8(4)11)7-1-5(14)6(3-13)16-7/h5-7,13-14H,1-3,11H2/t5-,6+,7+/m0/s1. The lowest BCUT2D eigenvalue weighted by atomic mass is 10.2. The maximum Gasteiger partial charge on any atom is 0.419 e. The minimum atomic E-state index is -0.899. The highest BCUT2D eigenvalue weighted by atomic mass is 19.1. The number of halogens is 1. The highest BCUT2D eigenvalue weighted by molar-refractivity contribution is 5.70. The Kier molecular flexibility index (Phi) is 3.18. The Bertz CT molecular complexity index is 361. The molecule has 1 amide bonds. The number of carbonyl (C=O) groups excluding carboxylic acids is 1. The summed E-state index contributed by atoms with van der Waals surface area (Å²) < 4.78 is 22.9. The molecular formula is C9H13FN2O5. The van der Waals surface area contributed by atoms with Crippen LogP contribution >= 0.6 is 0 Å². The third-order valence-corrected chi connectivity index (χ3v) is 2.74. The maximum atomic E-state index is 13.2. The van der Waals surface area contributed by atoms with Crippen molar-refractivity contribution in [1.29, 1.82) is 0 Å². The van der Waals surface area contributed by atoms with Crippen LogP contribution in [0.1, 0.15) is 6.42 Å². The summed E-state index contributed by atoms with van der Waals surface area (Å²) >= 11 is 0. The smallest absolute Gasteiger partial charge is 0.394 e. The predicted octanol–water partition coefficient (Wildman–Crippen LogP) is -0.996. The molecule has 0 spiro atoms. The summed E-state index contributed by atoms with van der Waals surface area (Å²) in [5.74, 6) is -1.32. The van der Waals surface area contributed by atoms with E-state index in [1.807, 2.05) is 0 Å². The van der Waals surface area contributed by atoms with E-state index in [9.17, 15) is 14.3 Å². The molecule has 7 nitrogen and oxygen atoms in total. The van der Waals surface area contributed by atoms with Gasteiger partial charge in [0.2, 0.25) is 5.88 Å². The first-order chi connectivity index (χ1) is 8.02. The van der Waals surface area contributed by atoms with Gasteiger partial charge in [0.1, 0.15) is 12.3 Å². The molecule has 4 N–H and O–H groups in total. The molecule has 0 aromatic carbocycles. The van der Waals surface area contributed by atoms with Crippen molar-refractivity contribution in [2.45, 2.75) is 24.9 Å². The maximum absolute atomic E-state index is 13.2. The molecule has 0 unspecified atom stereocenters. The van der Waals surface area contributed by atoms with Crippen LogP contribution in [0.2, 0.25) is 0 Å². The third-order valence-electron chi connectivity index (χ3n) is 2.74. The van der Waals surface area contributed by atoms with Crippen LogP contribution in [-0.2, 0) is 9.47 Å². The highest BCUT2D eigenvalue weighted by Crippen LogP contribution is 2.27. The fourth-order valence-electron chi connectivity index (χ4n) is 1.79. The molecule has 3 atom stereocenters.